The number of rotatable bonds is 2. The number of hydrogen-bond acceptors (Lipinski definition) is 3. The predicted octanol–water partition coefficient (Wildman–Crippen LogP) is 2.32. The minimum atomic E-state index is -0.880. The molecule has 0 atom stereocenters. The Morgan fingerprint density at radius 1 is 1.24 bits per heavy atom. The third-order valence-electron chi connectivity index (χ3n) is 2.86. The van der Waals surface area contributed by atoms with Crippen LogP contribution in [-0.2, 0) is 5.60 Å². The summed E-state index contributed by atoms with van der Waals surface area (Å²) in [4.78, 5) is 4.19. The third kappa shape index (κ3) is 2.22. The molecule has 0 aliphatic carbocycles. The molecule has 2 aromatic rings. The van der Waals surface area contributed by atoms with E-state index in [1.807, 2.05) is 19.9 Å². The molecule has 0 aromatic carbocycles. The molecule has 2 rings (SSSR count). The normalized spacial score (nSPS) is 11.8. The van der Waals surface area contributed by atoms with Crippen molar-refractivity contribution >= 4 is 0 Å². The van der Waals surface area contributed by atoms with Gasteiger partial charge >= 0.3 is 0 Å². The molecular weight excluding hydrogens is 214 g/mol. The molecule has 0 spiro atoms. The van der Waals surface area contributed by atoms with E-state index in [0.717, 1.165) is 28.1 Å². The van der Waals surface area contributed by atoms with E-state index >= 15 is 0 Å². The van der Waals surface area contributed by atoms with Crippen LogP contribution in [0.5, 0.6) is 0 Å². The van der Waals surface area contributed by atoms with Crippen LogP contribution in [0.4, 0.5) is 0 Å². The highest BCUT2D eigenvalue weighted by Gasteiger charge is 2.18. The quantitative estimate of drug-likeness (QED) is 0.833. The molecule has 2 heterocycles. The second-order valence-corrected chi connectivity index (χ2v) is 4.83. The van der Waals surface area contributed by atoms with E-state index in [4.69, 9.17) is 0 Å². The van der Waals surface area contributed by atoms with E-state index in [9.17, 15) is 5.11 Å². The Bertz CT molecular complexity index is 518. The van der Waals surface area contributed by atoms with Crippen LogP contribution in [0.15, 0.2) is 18.5 Å². The Hall–Kier alpha value is -1.68. The van der Waals surface area contributed by atoms with E-state index in [2.05, 4.69) is 15.2 Å². The predicted molar refractivity (Wildman–Crippen MR) is 66.5 cm³/mol. The molecule has 0 radical (unpaired) electrons. The van der Waals surface area contributed by atoms with Crippen LogP contribution >= 0.6 is 0 Å². The highest BCUT2D eigenvalue weighted by atomic mass is 16.3. The van der Waals surface area contributed by atoms with Crippen molar-refractivity contribution < 1.29 is 5.11 Å². The van der Waals surface area contributed by atoms with Crippen LogP contribution in [0.25, 0.3) is 11.1 Å². The minimum Gasteiger partial charge on any atom is -0.386 e. The number of H-pyrrole nitrogens is 1. The van der Waals surface area contributed by atoms with Gasteiger partial charge in [0.25, 0.3) is 0 Å². The van der Waals surface area contributed by atoms with Crippen molar-refractivity contribution in [1.82, 2.24) is 15.2 Å². The van der Waals surface area contributed by atoms with Gasteiger partial charge in [-0.3, -0.25) is 10.1 Å². The number of aliphatic hydroxyl groups is 1. The summed E-state index contributed by atoms with van der Waals surface area (Å²) in [5.41, 5.74) is 3.91. The van der Waals surface area contributed by atoms with Gasteiger partial charge in [0.1, 0.15) is 0 Å². The molecule has 90 valence electrons. The monoisotopic (exact) mass is 231 g/mol. The van der Waals surface area contributed by atoms with E-state index in [1.54, 1.807) is 26.2 Å². The first-order valence-corrected chi connectivity index (χ1v) is 5.59. The smallest absolute Gasteiger partial charge is 0.0855 e. The molecule has 4 heteroatoms. The Kier molecular flexibility index (Phi) is 2.75. The molecule has 0 unspecified atom stereocenters. The molecule has 0 saturated heterocycles. The average Bonchev–Trinajstić information content (AvgIpc) is 2.57. The highest BCUT2D eigenvalue weighted by Crippen LogP contribution is 2.28. The molecule has 0 aliphatic rings. The summed E-state index contributed by atoms with van der Waals surface area (Å²) < 4.78 is 0. The van der Waals surface area contributed by atoms with Gasteiger partial charge in [-0.2, -0.15) is 5.10 Å². The number of aromatic nitrogens is 3. The van der Waals surface area contributed by atoms with E-state index in [0.29, 0.717) is 0 Å². The van der Waals surface area contributed by atoms with Gasteiger partial charge < -0.3 is 5.11 Å². The Morgan fingerprint density at radius 3 is 2.47 bits per heavy atom. The Morgan fingerprint density at radius 2 is 1.94 bits per heavy atom. The van der Waals surface area contributed by atoms with Crippen LogP contribution in [0.3, 0.4) is 0 Å². The van der Waals surface area contributed by atoms with Crippen molar-refractivity contribution in [3.63, 3.8) is 0 Å². The van der Waals surface area contributed by atoms with Crippen LogP contribution in [0.1, 0.15) is 30.8 Å². The van der Waals surface area contributed by atoms with Gasteiger partial charge in [-0.15, -0.1) is 0 Å². The summed E-state index contributed by atoms with van der Waals surface area (Å²) in [5, 5.41) is 17.1. The first-order chi connectivity index (χ1) is 7.89. The maximum Gasteiger partial charge on any atom is 0.0855 e. The minimum absolute atomic E-state index is 0.801. The second kappa shape index (κ2) is 3.96. The summed E-state index contributed by atoms with van der Waals surface area (Å²) >= 11 is 0. The molecular formula is C13H17N3O. The molecule has 2 N–H and O–H groups in total. The van der Waals surface area contributed by atoms with Crippen LogP contribution < -0.4 is 0 Å². The fourth-order valence-electron chi connectivity index (χ4n) is 1.89. The summed E-state index contributed by atoms with van der Waals surface area (Å²) in [7, 11) is 0. The summed E-state index contributed by atoms with van der Waals surface area (Å²) in [5.74, 6) is 0. The average molecular weight is 231 g/mol. The molecule has 0 aliphatic heterocycles. The number of hydrogen-bond donors (Lipinski definition) is 2. The maximum absolute atomic E-state index is 9.99. The Labute approximate surface area is 101 Å². The highest BCUT2D eigenvalue weighted by molar-refractivity contribution is 5.68. The lowest BCUT2D eigenvalue weighted by molar-refractivity contribution is 0.0783. The maximum atomic E-state index is 9.99. The number of nitrogens with one attached hydrogen (secondary N) is 1. The lowest BCUT2D eigenvalue weighted by Gasteiger charge is -2.17. The van der Waals surface area contributed by atoms with Crippen molar-refractivity contribution in [2.45, 2.75) is 33.3 Å². The first kappa shape index (κ1) is 11.8. The van der Waals surface area contributed by atoms with Crippen molar-refractivity contribution in [3.8, 4) is 11.1 Å². The molecule has 0 fully saturated rings. The molecule has 17 heavy (non-hydrogen) atoms. The standard InChI is InChI=1S/C13H17N3O/c1-8-12(9(2)16-15-8)10-5-11(7-14-6-10)13(3,4)17/h5-7,17H,1-4H3,(H,15,16). The fraction of sp³-hybridized carbons (Fsp3) is 0.385. The third-order valence-corrected chi connectivity index (χ3v) is 2.86. The lowest BCUT2D eigenvalue weighted by atomic mass is 9.96. The van der Waals surface area contributed by atoms with Crippen molar-refractivity contribution in [1.29, 1.82) is 0 Å². The summed E-state index contributed by atoms with van der Waals surface area (Å²) in [6.07, 6.45) is 3.48. The van der Waals surface area contributed by atoms with Crippen molar-refractivity contribution in [2.75, 3.05) is 0 Å². The molecule has 2 aromatic heterocycles. The number of nitrogens with zero attached hydrogens (tertiary/aromatic N) is 2. The topological polar surface area (TPSA) is 61.8 Å². The lowest BCUT2D eigenvalue weighted by Crippen LogP contribution is -2.15. The fourth-order valence-corrected chi connectivity index (χ4v) is 1.89. The largest absolute Gasteiger partial charge is 0.386 e. The van der Waals surface area contributed by atoms with Gasteiger partial charge in [-0.05, 0) is 33.8 Å². The summed E-state index contributed by atoms with van der Waals surface area (Å²) in [6.45, 7) is 7.44. The second-order valence-electron chi connectivity index (χ2n) is 4.83. The van der Waals surface area contributed by atoms with Gasteiger partial charge in [-0.1, -0.05) is 0 Å². The van der Waals surface area contributed by atoms with Gasteiger partial charge in [0.2, 0.25) is 0 Å². The van der Waals surface area contributed by atoms with Crippen LogP contribution in [0.2, 0.25) is 0 Å². The molecule has 0 amide bonds. The molecule has 0 bridgehead atoms. The van der Waals surface area contributed by atoms with Crippen LogP contribution in [0, 0.1) is 13.8 Å². The van der Waals surface area contributed by atoms with Gasteiger partial charge in [0.05, 0.1) is 11.3 Å². The molecule has 4 nitrogen and oxygen atoms in total. The number of pyridine rings is 1. The van der Waals surface area contributed by atoms with E-state index in [-0.39, 0.29) is 0 Å². The Balaban J connectivity index is 2.55. The van der Waals surface area contributed by atoms with Gasteiger partial charge in [-0.25, -0.2) is 0 Å². The number of aromatic amines is 1. The zero-order chi connectivity index (χ0) is 12.6. The van der Waals surface area contributed by atoms with E-state index in [1.165, 1.54) is 0 Å². The van der Waals surface area contributed by atoms with Crippen molar-refractivity contribution in [2.24, 2.45) is 0 Å². The zero-order valence-electron chi connectivity index (χ0n) is 10.6. The SMILES string of the molecule is Cc1n[nH]c(C)c1-c1cncc(C(C)(C)O)c1. The van der Waals surface area contributed by atoms with Gasteiger partial charge in [0, 0.05) is 34.8 Å². The zero-order valence-corrected chi connectivity index (χ0v) is 10.6. The number of aryl methyl sites for hydroxylation is 2. The van der Waals surface area contributed by atoms with Crippen molar-refractivity contribution in [3.05, 3.63) is 35.4 Å². The molecule has 0 saturated carbocycles. The summed E-state index contributed by atoms with van der Waals surface area (Å²) in [6, 6.07) is 1.96. The first-order valence-electron chi connectivity index (χ1n) is 5.59. The van der Waals surface area contributed by atoms with Crippen LogP contribution in [-0.4, -0.2) is 20.3 Å². The van der Waals surface area contributed by atoms with E-state index < -0.39 is 5.60 Å². The van der Waals surface area contributed by atoms with Gasteiger partial charge in [0.15, 0.2) is 0 Å².